The highest BCUT2D eigenvalue weighted by atomic mass is 32.2. The van der Waals surface area contributed by atoms with Crippen LogP contribution in [0.25, 0.3) is 0 Å². The highest BCUT2D eigenvalue weighted by Crippen LogP contribution is 2.25. The number of hydrogen-bond acceptors (Lipinski definition) is 8. The number of nitro groups is 1. The Morgan fingerprint density at radius 3 is 2.65 bits per heavy atom. The molecule has 11 heteroatoms. The fraction of sp³-hybridized carbons (Fsp3) is 0.111. The molecule has 0 atom stereocenters. The minimum absolute atomic E-state index is 0.111. The van der Waals surface area contributed by atoms with Gasteiger partial charge in [-0.3, -0.25) is 14.8 Å². The zero-order chi connectivity index (χ0) is 14.9. The van der Waals surface area contributed by atoms with Crippen LogP contribution in [0, 0.1) is 17.0 Å². The lowest BCUT2D eigenvalue weighted by Gasteiger charge is -2.05. The molecule has 1 aromatic carbocycles. The normalized spacial score (nSPS) is 11.2. The van der Waals surface area contributed by atoms with Gasteiger partial charge in [0.05, 0.1) is 9.82 Å². The van der Waals surface area contributed by atoms with Crippen molar-refractivity contribution in [3.05, 3.63) is 34.1 Å². The van der Waals surface area contributed by atoms with Gasteiger partial charge in [0.2, 0.25) is 5.13 Å². The molecule has 2 rings (SSSR count). The number of rotatable bonds is 4. The van der Waals surface area contributed by atoms with Gasteiger partial charge in [-0.2, -0.15) is 4.37 Å². The molecule has 0 bridgehead atoms. The summed E-state index contributed by atoms with van der Waals surface area (Å²) in [6.45, 7) is 1.62. The second-order valence-electron chi connectivity index (χ2n) is 3.73. The topological polar surface area (TPSA) is 141 Å². The number of sulfonamides is 1. The molecule has 0 aliphatic heterocycles. The van der Waals surface area contributed by atoms with Crippen LogP contribution < -0.4 is 10.5 Å². The summed E-state index contributed by atoms with van der Waals surface area (Å²) in [6, 6.07) is 3.16. The van der Waals surface area contributed by atoms with E-state index in [4.69, 9.17) is 5.73 Å². The highest BCUT2D eigenvalue weighted by Gasteiger charge is 2.20. The molecule has 106 valence electrons. The highest BCUT2D eigenvalue weighted by molar-refractivity contribution is 7.93. The fourth-order valence-corrected chi connectivity index (χ4v) is 3.21. The maximum Gasteiger partial charge on any atom is 0.292 e. The van der Waals surface area contributed by atoms with Crippen LogP contribution in [-0.4, -0.2) is 22.7 Å². The molecule has 0 aliphatic carbocycles. The molecule has 0 unspecified atom stereocenters. The Kier molecular flexibility index (Phi) is 3.55. The van der Waals surface area contributed by atoms with Crippen LogP contribution in [0.15, 0.2) is 23.1 Å². The summed E-state index contributed by atoms with van der Waals surface area (Å²) in [5, 5.41) is 10.7. The van der Waals surface area contributed by atoms with Crippen molar-refractivity contribution in [1.29, 1.82) is 0 Å². The number of nitrogen functional groups attached to an aromatic ring is 1. The fourth-order valence-electron chi connectivity index (χ4n) is 1.38. The number of nitrogens with zero attached hydrogens (tertiary/aromatic N) is 3. The van der Waals surface area contributed by atoms with Crippen molar-refractivity contribution in [2.75, 3.05) is 10.5 Å². The summed E-state index contributed by atoms with van der Waals surface area (Å²) in [4.78, 5) is 13.6. The van der Waals surface area contributed by atoms with Crippen LogP contribution in [-0.2, 0) is 10.0 Å². The van der Waals surface area contributed by atoms with Gasteiger partial charge < -0.3 is 5.73 Å². The Morgan fingerprint density at radius 1 is 1.45 bits per heavy atom. The monoisotopic (exact) mass is 315 g/mol. The zero-order valence-corrected chi connectivity index (χ0v) is 11.7. The third-order valence-corrected chi connectivity index (χ3v) is 4.44. The number of nitrogens with two attached hydrogens (primary N) is 1. The van der Waals surface area contributed by atoms with Crippen molar-refractivity contribution in [2.24, 2.45) is 0 Å². The third-order valence-electron chi connectivity index (χ3n) is 2.26. The summed E-state index contributed by atoms with van der Waals surface area (Å²) < 4.78 is 30.2. The lowest BCUT2D eigenvalue weighted by molar-refractivity contribution is -0.383. The molecule has 0 amide bonds. The zero-order valence-electron chi connectivity index (χ0n) is 10.1. The molecule has 1 heterocycles. The summed E-state index contributed by atoms with van der Waals surface area (Å²) in [6.07, 6.45) is 0. The molecule has 3 N–H and O–H groups in total. The van der Waals surface area contributed by atoms with Crippen LogP contribution in [0.5, 0.6) is 0 Å². The first-order valence-corrected chi connectivity index (χ1v) is 7.42. The largest absolute Gasteiger partial charge is 0.393 e. The van der Waals surface area contributed by atoms with E-state index in [2.05, 4.69) is 14.1 Å². The van der Waals surface area contributed by atoms with E-state index >= 15 is 0 Å². The molecule has 0 aliphatic rings. The maximum atomic E-state index is 12.0. The average Bonchev–Trinajstić information content (AvgIpc) is 2.73. The molecule has 9 nitrogen and oxygen atoms in total. The summed E-state index contributed by atoms with van der Waals surface area (Å²) in [5.74, 6) is 0.441. The van der Waals surface area contributed by atoms with E-state index in [0.717, 1.165) is 29.7 Å². The Bertz CT molecular complexity index is 770. The smallest absolute Gasteiger partial charge is 0.292 e. The predicted molar refractivity (Wildman–Crippen MR) is 73.0 cm³/mol. The Morgan fingerprint density at radius 2 is 2.15 bits per heavy atom. The third kappa shape index (κ3) is 2.83. The van der Waals surface area contributed by atoms with E-state index in [0.29, 0.717) is 5.82 Å². The van der Waals surface area contributed by atoms with Crippen LogP contribution in [0.1, 0.15) is 5.82 Å². The van der Waals surface area contributed by atoms with Gasteiger partial charge in [0.15, 0.2) is 0 Å². The van der Waals surface area contributed by atoms with E-state index in [1.807, 2.05) is 0 Å². The van der Waals surface area contributed by atoms with E-state index in [9.17, 15) is 18.5 Å². The number of aromatic nitrogens is 2. The maximum absolute atomic E-state index is 12.0. The average molecular weight is 315 g/mol. The molecule has 2 aromatic rings. The summed E-state index contributed by atoms with van der Waals surface area (Å²) in [5.41, 5.74) is 4.88. The standard InChI is InChI=1S/C9H9N5O4S2/c1-5-11-9(19-12-5)13-20(17,18)6-2-3-8(14(15)16)7(10)4-6/h2-4H,10H2,1H3,(H,11,12,13). The SMILES string of the molecule is Cc1nsc(NS(=O)(=O)c2ccc([N+](=O)[O-])c(N)c2)n1. The lowest BCUT2D eigenvalue weighted by atomic mass is 10.3. The van der Waals surface area contributed by atoms with E-state index < -0.39 is 14.9 Å². The molecular formula is C9H9N5O4S2. The minimum Gasteiger partial charge on any atom is -0.393 e. The molecule has 0 fully saturated rings. The van der Waals surface area contributed by atoms with Gasteiger partial charge in [0, 0.05) is 17.6 Å². The number of benzene rings is 1. The van der Waals surface area contributed by atoms with Crippen molar-refractivity contribution >= 4 is 38.1 Å². The molecule has 0 saturated heterocycles. The molecule has 0 spiro atoms. The minimum atomic E-state index is -3.91. The van der Waals surface area contributed by atoms with Gasteiger partial charge in [0.25, 0.3) is 15.7 Å². The Hall–Kier alpha value is -2.27. The van der Waals surface area contributed by atoms with Crippen molar-refractivity contribution in [3.8, 4) is 0 Å². The first-order valence-electron chi connectivity index (χ1n) is 5.16. The van der Waals surface area contributed by atoms with Crippen LogP contribution in [0.2, 0.25) is 0 Å². The number of nitro benzene ring substituents is 1. The van der Waals surface area contributed by atoms with Crippen molar-refractivity contribution in [2.45, 2.75) is 11.8 Å². The van der Waals surface area contributed by atoms with Crippen LogP contribution in [0.3, 0.4) is 0 Å². The first-order chi connectivity index (χ1) is 9.29. The van der Waals surface area contributed by atoms with Crippen molar-refractivity contribution in [1.82, 2.24) is 9.36 Å². The van der Waals surface area contributed by atoms with Gasteiger partial charge in [0.1, 0.15) is 11.5 Å². The lowest BCUT2D eigenvalue weighted by Crippen LogP contribution is -2.13. The second-order valence-corrected chi connectivity index (χ2v) is 6.16. The van der Waals surface area contributed by atoms with Gasteiger partial charge >= 0.3 is 0 Å². The van der Waals surface area contributed by atoms with Gasteiger partial charge in [-0.1, -0.05) is 0 Å². The number of hydrogen-bond donors (Lipinski definition) is 2. The van der Waals surface area contributed by atoms with Gasteiger partial charge in [-0.25, -0.2) is 13.4 Å². The molecule has 1 aromatic heterocycles. The van der Waals surface area contributed by atoms with Crippen LogP contribution >= 0.6 is 11.5 Å². The Labute approximate surface area is 117 Å². The molecular weight excluding hydrogens is 306 g/mol. The van der Waals surface area contributed by atoms with E-state index in [1.165, 1.54) is 0 Å². The van der Waals surface area contributed by atoms with Crippen molar-refractivity contribution < 1.29 is 13.3 Å². The first kappa shape index (κ1) is 14.1. The Balaban J connectivity index is 2.35. The quantitative estimate of drug-likeness (QED) is 0.489. The number of aryl methyl sites for hydroxylation is 1. The van der Waals surface area contributed by atoms with Crippen LogP contribution in [0.4, 0.5) is 16.5 Å². The van der Waals surface area contributed by atoms with E-state index in [1.54, 1.807) is 6.92 Å². The molecule has 20 heavy (non-hydrogen) atoms. The summed E-state index contributed by atoms with van der Waals surface area (Å²) >= 11 is 0.892. The predicted octanol–water partition coefficient (Wildman–Crippen LogP) is 1.14. The molecule has 0 saturated carbocycles. The van der Waals surface area contributed by atoms with E-state index in [-0.39, 0.29) is 21.4 Å². The van der Waals surface area contributed by atoms with Crippen molar-refractivity contribution in [3.63, 3.8) is 0 Å². The molecule has 0 radical (unpaired) electrons. The second kappa shape index (κ2) is 5.02. The van der Waals surface area contributed by atoms with Gasteiger partial charge in [-0.05, 0) is 19.1 Å². The number of anilines is 2. The number of nitrogens with one attached hydrogen (secondary N) is 1. The van der Waals surface area contributed by atoms with Gasteiger partial charge in [-0.15, -0.1) is 0 Å². The summed E-state index contributed by atoms with van der Waals surface area (Å²) in [7, 11) is -3.91.